The van der Waals surface area contributed by atoms with Crippen LogP contribution in [0.5, 0.6) is 0 Å². The Hall–Kier alpha value is -1.04. The van der Waals surface area contributed by atoms with E-state index in [9.17, 15) is 4.79 Å². The first kappa shape index (κ1) is 10.0. The molecule has 0 aliphatic heterocycles. The molecule has 5 nitrogen and oxygen atoms in total. The van der Waals surface area contributed by atoms with Gasteiger partial charge in [-0.2, -0.15) is 12.6 Å². The second-order valence-electron chi connectivity index (χ2n) is 2.87. The summed E-state index contributed by atoms with van der Waals surface area (Å²) >= 11 is 4.25. The molecule has 2 atom stereocenters. The lowest BCUT2D eigenvalue weighted by Gasteiger charge is -2.16. The van der Waals surface area contributed by atoms with Crippen LogP contribution in [0.1, 0.15) is 18.7 Å². The molecule has 0 fully saturated rings. The predicted octanol–water partition coefficient (Wildman–Crippen LogP) is 0.817. The van der Waals surface area contributed by atoms with Gasteiger partial charge in [-0.25, -0.2) is 4.68 Å². The highest BCUT2D eigenvalue weighted by molar-refractivity contribution is 7.80. The maximum atomic E-state index is 10.4. The van der Waals surface area contributed by atoms with E-state index in [2.05, 4.69) is 22.9 Å². The van der Waals surface area contributed by atoms with Crippen molar-refractivity contribution in [1.29, 1.82) is 0 Å². The molecule has 0 amide bonds. The van der Waals surface area contributed by atoms with Crippen molar-refractivity contribution in [2.24, 2.45) is 5.92 Å². The van der Waals surface area contributed by atoms with E-state index in [0.717, 1.165) is 0 Å². The van der Waals surface area contributed by atoms with E-state index in [1.54, 1.807) is 6.20 Å². The number of nitrogens with zero attached hydrogens (tertiary/aromatic N) is 3. The number of rotatable bonds is 4. The van der Waals surface area contributed by atoms with E-state index in [4.69, 9.17) is 5.11 Å². The smallest absolute Gasteiger partial charge is 0.303 e. The van der Waals surface area contributed by atoms with Gasteiger partial charge in [-0.1, -0.05) is 12.1 Å². The van der Waals surface area contributed by atoms with E-state index in [-0.39, 0.29) is 17.7 Å². The maximum Gasteiger partial charge on any atom is 0.303 e. The van der Waals surface area contributed by atoms with Crippen molar-refractivity contribution >= 4 is 18.6 Å². The molecule has 1 aromatic heterocycles. The molecule has 0 aromatic carbocycles. The normalized spacial score (nSPS) is 15.2. The van der Waals surface area contributed by atoms with Crippen LogP contribution < -0.4 is 0 Å². The monoisotopic (exact) mass is 201 g/mol. The third-order valence-corrected chi connectivity index (χ3v) is 2.46. The Labute approximate surface area is 81.2 Å². The van der Waals surface area contributed by atoms with Gasteiger partial charge < -0.3 is 5.11 Å². The molecule has 0 radical (unpaired) electrons. The summed E-state index contributed by atoms with van der Waals surface area (Å²) in [5.74, 6) is -0.908. The van der Waals surface area contributed by atoms with Crippen LogP contribution in [0.15, 0.2) is 12.4 Å². The lowest BCUT2D eigenvalue weighted by Crippen LogP contribution is -2.16. The van der Waals surface area contributed by atoms with Crippen molar-refractivity contribution < 1.29 is 9.90 Å². The second kappa shape index (κ2) is 4.27. The number of carbonyl (C=O) groups is 1. The summed E-state index contributed by atoms with van der Waals surface area (Å²) in [7, 11) is 0. The lowest BCUT2D eigenvalue weighted by molar-refractivity contribution is -0.138. The molecule has 13 heavy (non-hydrogen) atoms. The summed E-state index contributed by atoms with van der Waals surface area (Å²) in [4.78, 5) is 10.4. The van der Waals surface area contributed by atoms with Crippen LogP contribution in [0, 0.1) is 5.92 Å². The van der Waals surface area contributed by atoms with Gasteiger partial charge in [0.25, 0.3) is 0 Å². The van der Waals surface area contributed by atoms with Crippen molar-refractivity contribution in [2.75, 3.05) is 0 Å². The van der Waals surface area contributed by atoms with Crippen molar-refractivity contribution in [3.63, 3.8) is 0 Å². The molecule has 1 aromatic rings. The van der Waals surface area contributed by atoms with Crippen LogP contribution in [-0.2, 0) is 4.79 Å². The van der Waals surface area contributed by atoms with Gasteiger partial charge in [-0.3, -0.25) is 4.79 Å². The van der Waals surface area contributed by atoms with Crippen molar-refractivity contribution in [3.8, 4) is 0 Å². The Kier molecular flexibility index (Phi) is 3.30. The molecule has 0 bridgehead atoms. The van der Waals surface area contributed by atoms with Gasteiger partial charge in [0, 0.05) is 6.20 Å². The summed E-state index contributed by atoms with van der Waals surface area (Å²) in [6.07, 6.45) is 3.28. The zero-order valence-electron chi connectivity index (χ0n) is 7.16. The summed E-state index contributed by atoms with van der Waals surface area (Å²) in [5.41, 5.74) is 0. The molecule has 0 aliphatic rings. The van der Waals surface area contributed by atoms with Gasteiger partial charge in [0.2, 0.25) is 0 Å². The van der Waals surface area contributed by atoms with Crippen LogP contribution in [0.25, 0.3) is 0 Å². The average molecular weight is 201 g/mol. The maximum absolute atomic E-state index is 10.4. The molecule has 0 spiro atoms. The first-order valence-corrected chi connectivity index (χ1v) is 4.38. The third kappa shape index (κ3) is 2.73. The van der Waals surface area contributed by atoms with Gasteiger partial charge in [0.05, 0.1) is 18.0 Å². The third-order valence-electron chi connectivity index (χ3n) is 1.72. The Bertz CT molecular complexity index is 275. The Morgan fingerprint density at radius 1 is 1.77 bits per heavy atom. The zero-order chi connectivity index (χ0) is 9.84. The lowest BCUT2D eigenvalue weighted by atomic mass is 10.1. The summed E-state index contributed by atoms with van der Waals surface area (Å²) in [6, 6.07) is 0. The van der Waals surface area contributed by atoms with Gasteiger partial charge in [-0.15, -0.1) is 5.10 Å². The second-order valence-corrected chi connectivity index (χ2v) is 3.40. The van der Waals surface area contributed by atoms with E-state index >= 15 is 0 Å². The summed E-state index contributed by atoms with van der Waals surface area (Å²) in [5, 5.41) is 15.7. The fourth-order valence-electron chi connectivity index (χ4n) is 1.00. The summed E-state index contributed by atoms with van der Waals surface area (Å²) < 4.78 is 1.54. The molecular formula is C7H11N3O2S. The van der Waals surface area contributed by atoms with Gasteiger partial charge in [0.1, 0.15) is 0 Å². The molecule has 6 heteroatoms. The largest absolute Gasteiger partial charge is 0.481 e. The molecule has 0 aliphatic carbocycles. The Balaban J connectivity index is 2.57. The topological polar surface area (TPSA) is 68.0 Å². The predicted molar refractivity (Wildman–Crippen MR) is 49.5 cm³/mol. The van der Waals surface area contributed by atoms with Crippen LogP contribution >= 0.6 is 12.6 Å². The number of carboxylic acids is 1. The van der Waals surface area contributed by atoms with E-state index < -0.39 is 5.97 Å². The van der Waals surface area contributed by atoms with Gasteiger partial charge in [0.15, 0.2) is 0 Å². The van der Waals surface area contributed by atoms with Crippen molar-refractivity contribution in [3.05, 3.63) is 12.4 Å². The zero-order valence-corrected chi connectivity index (χ0v) is 8.06. The van der Waals surface area contributed by atoms with Crippen molar-refractivity contribution in [2.45, 2.75) is 18.7 Å². The number of hydrogen-bond donors (Lipinski definition) is 2. The number of aliphatic carboxylic acids is 1. The molecule has 0 saturated carbocycles. The number of thiol groups is 1. The first-order valence-electron chi connectivity index (χ1n) is 3.87. The quantitative estimate of drug-likeness (QED) is 0.708. The number of carboxylic acid groups (broad SMARTS) is 1. The number of aromatic nitrogens is 3. The van der Waals surface area contributed by atoms with Gasteiger partial charge in [-0.05, 0) is 5.92 Å². The highest BCUT2D eigenvalue weighted by Crippen LogP contribution is 2.23. The minimum Gasteiger partial charge on any atom is -0.481 e. The number of hydrogen-bond acceptors (Lipinski definition) is 4. The van der Waals surface area contributed by atoms with Crippen LogP contribution in [0.2, 0.25) is 0 Å². The van der Waals surface area contributed by atoms with Crippen LogP contribution in [0.4, 0.5) is 0 Å². The van der Waals surface area contributed by atoms with E-state index in [0.29, 0.717) is 0 Å². The van der Waals surface area contributed by atoms with E-state index in [1.165, 1.54) is 10.9 Å². The standard InChI is InChI=1S/C7H11N3O2S/c1-5(4-6(11)12)7(13)10-3-2-8-9-10/h2-3,5,7,13H,4H2,1H3,(H,11,12). The van der Waals surface area contributed by atoms with Gasteiger partial charge >= 0.3 is 5.97 Å². The highest BCUT2D eigenvalue weighted by Gasteiger charge is 2.18. The highest BCUT2D eigenvalue weighted by atomic mass is 32.1. The SMILES string of the molecule is CC(CC(=O)O)C(S)n1ccnn1. The molecular weight excluding hydrogens is 190 g/mol. The fourth-order valence-corrected chi connectivity index (χ4v) is 1.23. The minimum absolute atomic E-state index is 0.0774. The van der Waals surface area contributed by atoms with Crippen LogP contribution in [-0.4, -0.2) is 26.1 Å². The average Bonchev–Trinajstić information content (AvgIpc) is 2.53. The van der Waals surface area contributed by atoms with E-state index in [1.807, 2.05) is 6.92 Å². The molecule has 1 N–H and O–H groups in total. The molecule has 1 rings (SSSR count). The first-order chi connectivity index (χ1) is 6.11. The molecule has 2 unspecified atom stereocenters. The molecule has 0 saturated heterocycles. The molecule has 72 valence electrons. The Morgan fingerprint density at radius 3 is 2.92 bits per heavy atom. The molecule has 1 heterocycles. The summed E-state index contributed by atoms with van der Waals surface area (Å²) in [6.45, 7) is 1.81. The Morgan fingerprint density at radius 2 is 2.46 bits per heavy atom. The van der Waals surface area contributed by atoms with Crippen molar-refractivity contribution in [1.82, 2.24) is 15.0 Å². The van der Waals surface area contributed by atoms with Crippen LogP contribution in [0.3, 0.4) is 0 Å². The fraction of sp³-hybridized carbons (Fsp3) is 0.571. The minimum atomic E-state index is -0.827.